The predicted molar refractivity (Wildman–Crippen MR) is 136 cm³/mol. The van der Waals surface area contributed by atoms with E-state index in [-0.39, 0.29) is 11.6 Å². The highest BCUT2D eigenvalue weighted by atomic mass is 35.5. The molecule has 0 saturated carbocycles. The molecule has 0 spiro atoms. The molecule has 35 heavy (non-hydrogen) atoms. The van der Waals surface area contributed by atoms with Crippen LogP contribution in [0.5, 0.6) is 0 Å². The Bertz CT molecular complexity index is 1520. The summed E-state index contributed by atoms with van der Waals surface area (Å²) in [4.78, 5) is 42.6. The summed E-state index contributed by atoms with van der Waals surface area (Å²) in [6, 6.07) is 5.22. The van der Waals surface area contributed by atoms with Crippen molar-refractivity contribution in [1.29, 1.82) is 0 Å². The van der Waals surface area contributed by atoms with Gasteiger partial charge in [-0.05, 0) is 49.9 Å². The number of hydrogen-bond donors (Lipinski definition) is 1. The van der Waals surface area contributed by atoms with Crippen LogP contribution in [0.2, 0.25) is 5.02 Å². The van der Waals surface area contributed by atoms with Gasteiger partial charge in [-0.25, -0.2) is 13.2 Å². The zero-order chi connectivity index (χ0) is 25.3. The first kappa shape index (κ1) is 25.5. The van der Waals surface area contributed by atoms with Crippen LogP contribution in [0, 0.1) is 0 Å². The van der Waals surface area contributed by atoms with Gasteiger partial charge < -0.3 is 14.6 Å². The summed E-state index contributed by atoms with van der Waals surface area (Å²) >= 11 is 8.46. The van der Waals surface area contributed by atoms with Crippen molar-refractivity contribution in [1.82, 2.24) is 4.57 Å². The fourth-order valence-corrected chi connectivity index (χ4v) is 7.49. The molecule has 4 rings (SSSR count). The number of amides is 2. The van der Waals surface area contributed by atoms with E-state index < -0.39 is 39.1 Å². The zero-order valence-corrected chi connectivity index (χ0v) is 22.1. The van der Waals surface area contributed by atoms with Crippen molar-refractivity contribution < 1.29 is 27.5 Å². The maximum absolute atomic E-state index is 12.5. The Kier molecular flexibility index (Phi) is 7.46. The van der Waals surface area contributed by atoms with Crippen LogP contribution in [0.15, 0.2) is 23.2 Å². The molecule has 1 N–H and O–H groups in total. The number of aromatic nitrogens is 1. The number of aryl methyl sites for hydroxylation is 2. The Hall–Kier alpha value is -2.54. The summed E-state index contributed by atoms with van der Waals surface area (Å²) < 4.78 is 32.7. The van der Waals surface area contributed by atoms with Crippen molar-refractivity contribution in [2.24, 2.45) is 12.0 Å². The number of anilines is 1. The quantitative estimate of drug-likeness (QED) is 0.447. The van der Waals surface area contributed by atoms with E-state index in [1.165, 1.54) is 22.7 Å². The highest BCUT2D eigenvalue weighted by molar-refractivity contribution is 7.92. The van der Waals surface area contributed by atoms with Gasteiger partial charge in [0.25, 0.3) is 5.91 Å². The largest absolute Gasteiger partial charge is 0.462 e. The third kappa shape index (κ3) is 5.66. The first-order valence-electron chi connectivity index (χ1n) is 10.7. The first-order valence-corrected chi connectivity index (χ1v) is 14.6. The van der Waals surface area contributed by atoms with Crippen LogP contribution >= 0.6 is 34.3 Å². The normalized spacial score (nSPS) is 13.7. The number of nitrogens with one attached hydrogen (secondary N) is 1. The summed E-state index contributed by atoms with van der Waals surface area (Å²) in [6.07, 6.45) is 2.40. The van der Waals surface area contributed by atoms with E-state index in [0.29, 0.717) is 21.8 Å². The maximum atomic E-state index is 12.5. The molecule has 2 heterocycles. The number of nitrogens with zero attached hydrogens (tertiary/aromatic N) is 2. The highest BCUT2D eigenvalue weighted by Gasteiger charge is 2.29. The average Bonchev–Trinajstić information content (AvgIpc) is 3.40. The number of carbonyl (C=O) groups is 3. The van der Waals surface area contributed by atoms with Crippen LogP contribution < -0.4 is 10.1 Å². The molecule has 1 aliphatic carbocycles. The molecule has 0 atom stereocenters. The Balaban J connectivity index is 1.47. The van der Waals surface area contributed by atoms with Crippen LogP contribution in [-0.2, 0) is 44.1 Å². The predicted octanol–water partition coefficient (Wildman–Crippen LogP) is 3.10. The van der Waals surface area contributed by atoms with E-state index in [9.17, 15) is 22.8 Å². The fraction of sp³-hybridized carbons (Fsp3) is 0.364. The van der Waals surface area contributed by atoms with Gasteiger partial charge in [-0.1, -0.05) is 22.9 Å². The third-order valence-corrected chi connectivity index (χ3v) is 9.27. The standard InChI is InChI=1S/C22H22ClN3O6S3/c1-3-32-21(29)19-13-5-4-6-15(13)33-20(19)24-17(27)10-35(30,31)11-18(28)25-22-26(2)14-8-7-12(23)9-16(14)34-22/h7-9H,3-6,10-11H2,1-2H3,(H,24,27). The van der Waals surface area contributed by atoms with Gasteiger partial charge in [-0.3, -0.25) is 9.59 Å². The number of sulfone groups is 1. The number of thiophene rings is 1. The second-order valence-electron chi connectivity index (χ2n) is 7.92. The molecule has 0 fully saturated rings. The molecule has 0 radical (unpaired) electrons. The molecule has 186 valence electrons. The summed E-state index contributed by atoms with van der Waals surface area (Å²) in [5.74, 6) is -4.08. The Morgan fingerprint density at radius 3 is 2.71 bits per heavy atom. The molecule has 0 aliphatic heterocycles. The van der Waals surface area contributed by atoms with Crippen molar-refractivity contribution >= 4 is 77.1 Å². The van der Waals surface area contributed by atoms with Gasteiger partial charge in [-0.15, -0.1) is 11.3 Å². The van der Waals surface area contributed by atoms with Gasteiger partial charge >= 0.3 is 5.97 Å². The average molecular weight is 556 g/mol. The van der Waals surface area contributed by atoms with E-state index in [1.54, 1.807) is 36.7 Å². The van der Waals surface area contributed by atoms with E-state index in [4.69, 9.17) is 16.3 Å². The number of thiazole rings is 1. The van der Waals surface area contributed by atoms with Crippen molar-refractivity contribution in [2.45, 2.75) is 26.2 Å². The third-order valence-electron chi connectivity index (χ3n) is 5.34. The maximum Gasteiger partial charge on any atom is 0.341 e. The second-order valence-corrected chi connectivity index (χ2v) is 12.5. The molecule has 9 nitrogen and oxygen atoms in total. The Morgan fingerprint density at radius 1 is 1.20 bits per heavy atom. The minimum atomic E-state index is -4.10. The monoisotopic (exact) mass is 555 g/mol. The molecule has 2 amide bonds. The number of benzene rings is 1. The van der Waals surface area contributed by atoms with Crippen LogP contribution in [0.1, 0.15) is 34.1 Å². The smallest absolute Gasteiger partial charge is 0.341 e. The van der Waals surface area contributed by atoms with E-state index in [0.717, 1.165) is 33.5 Å². The number of fused-ring (bicyclic) bond motifs is 2. The molecule has 0 unspecified atom stereocenters. The van der Waals surface area contributed by atoms with Crippen LogP contribution in [0.3, 0.4) is 0 Å². The lowest BCUT2D eigenvalue weighted by Crippen LogP contribution is -2.28. The highest BCUT2D eigenvalue weighted by Crippen LogP contribution is 2.39. The second kappa shape index (κ2) is 10.2. The van der Waals surface area contributed by atoms with Crippen molar-refractivity contribution in [3.8, 4) is 0 Å². The topological polar surface area (TPSA) is 124 Å². The number of carbonyl (C=O) groups excluding carboxylic acids is 3. The molecule has 13 heteroatoms. The minimum absolute atomic E-state index is 0.182. The summed E-state index contributed by atoms with van der Waals surface area (Å²) in [5, 5.41) is 3.35. The number of esters is 1. The van der Waals surface area contributed by atoms with Gasteiger partial charge in [0.2, 0.25) is 5.91 Å². The summed E-state index contributed by atoms with van der Waals surface area (Å²) in [7, 11) is -2.39. The SMILES string of the molecule is CCOC(=O)c1c(NC(=O)CS(=O)(=O)CC(=O)N=c2sc3cc(Cl)ccc3n2C)sc2c1CCC2. The van der Waals surface area contributed by atoms with Gasteiger partial charge in [-0.2, -0.15) is 4.99 Å². The van der Waals surface area contributed by atoms with E-state index in [2.05, 4.69) is 10.3 Å². The summed E-state index contributed by atoms with van der Waals surface area (Å²) in [6.45, 7) is 1.87. The van der Waals surface area contributed by atoms with Crippen molar-refractivity contribution in [3.05, 3.63) is 44.0 Å². The number of hydrogen-bond acceptors (Lipinski definition) is 8. The van der Waals surface area contributed by atoms with Gasteiger partial charge in [0.05, 0.1) is 22.4 Å². The first-order chi connectivity index (χ1) is 16.6. The number of ether oxygens (including phenoxy) is 1. The molecule has 0 bridgehead atoms. The molecular formula is C22H22ClN3O6S3. The van der Waals surface area contributed by atoms with Crippen molar-refractivity contribution in [2.75, 3.05) is 23.4 Å². The molecule has 1 aromatic carbocycles. The molecule has 3 aromatic rings. The fourth-order valence-electron chi connectivity index (χ4n) is 3.87. The molecule has 0 saturated heterocycles. The van der Waals surface area contributed by atoms with Crippen molar-refractivity contribution in [3.63, 3.8) is 0 Å². The molecule has 1 aliphatic rings. The Morgan fingerprint density at radius 2 is 1.97 bits per heavy atom. The van der Waals surface area contributed by atoms with E-state index >= 15 is 0 Å². The van der Waals surface area contributed by atoms with Gasteiger partial charge in [0.1, 0.15) is 16.5 Å². The van der Waals surface area contributed by atoms with Gasteiger partial charge in [0.15, 0.2) is 14.6 Å². The lowest BCUT2D eigenvalue weighted by atomic mass is 10.1. The van der Waals surface area contributed by atoms with Crippen LogP contribution in [-0.4, -0.2) is 48.9 Å². The minimum Gasteiger partial charge on any atom is -0.462 e. The Labute approximate surface area is 214 Å². The lowest BCUT2D eigenvalue weighted by molar-refractivity contribution is -0.115. The number of halogens is 1. The number of rotatable bonds is 7. The van der Waals surface area contributed by atoms with Crippen LogP contribution in [0.4, 0.5) is 5.00 Å². The zero-order valence-electron chi connectivity index (χ0n) is 18.9. The van der Waals surface area contributed by atoms with Crippen LogP contribution in [0.25, 0.3) is 10.2 Å². The summed E-state index contributed by atoms with van der Waals surface area (Å²) in [5.41, 5.74) is 1.94. The lowest BCUT2D eigenvalue weighted by Gasteiger charge is -2.08. The van der Waals surface area contributed by atoms with E-state index in [1.807, 2.05) is 0 Å². The molecular weight excluding hydrogens is 534 g/mol. The molecule has 2 aromatic heterocycles. The van der Waals surface area contributed by atoms with Gasteiger partial charge in [0, 0.05) is 16.9 Å².